The van der Waals surface area contributed by atoms with E-state index in [4.69, 9.17) is 9.47 Å². The number of carbonyl (C=O) groups is 3. The van der Waals surface area contributed by atoms with E-state index in [0.717, 1.165) is 27.8 Å². The number of benzene rings is 4. The molecule has 2 unspecified atom stereocenters. The fraction of sp³-hybridized carbons (Fsp3) is 0.250. The van der Waals surface area contributed by atoms with Crippen molar-refractivity contribution in [2.45, 2.75) is 51.7 Å². The molecule has 228 valence electrons. The zero-order chi connectivity index (χ0) is 31.3. The van der Waals surface area contributed by atoms with Gasteiger partial charge < -0.3 is 24.8 Å². The van der Waals surface area contributed by atoms with Gasteiger partial charge in [0.15, 0.2) is 6.10 Å². The summed E-state index contributed by atoms with van der Waals surface area (Å²) in [5, 5.41) is 13.4. The number of urea groups is 1. The van der Waals surface area contributed by atoms with Crippen molar-refractivity contribution in [2.24, 2.45) is 0 Å². The van der Waals surface area contributed by atoms with Crippen molar-refractivity contribution in [1.29, 1.82) is 0 Å². The van der Waals surface area contributed by atoms with Crippen molar-refractivity contribution >= 4 is 18.0 Å². The van der Waals surface area contributed by atoms with Crippen LogP contribution in [-0.4, -0.2) is 52.7 Å². The minimum absolute atomic E-state index is 0.00298. The van der Waals surface area contributed by atoms with E-state index in [-0.39, 0.29) is 26.2 Å². The number of ether oxygens (including phenoxy) is 2. The van der Waals surface area contributed by atoms with Gasteiger partial charge in [0.1, 0.15) is 19.3 Å². The van der Waals surface area contributed by atoms with Crippen LogP contribution in [0.5, 0.6) is 0 Å². The third-order valence-electron chi connectivity index (χ3n) is 7.06. The number of aliphatic hydroxyl groups is 1. The molecule has 4 aromatic rings. The van der Waals surface area contributed by atoms with Crippen LogP contribution in [0.1, 0.15) is 30.5 Å². The highest BCUT2D eigenvalue weighted by Crippen LogP contribution is 2.20. The highest BCUT2D eigenvalue weighted by molar-refractivity contribution is 5.84. The van der Waals surface area contributed by atoms with Crippen LogP contribution in [-0.2, 0) is 38.7 Å². The number of hydrogen-bond acceptors (Lipinski definition) is 6. The second kappa shape index (κ2) is 16.0. The Morgan fingerprint density at radius 3 is 1.66 bits per heavy atom. The molecule has 0 radical (unpaired) electrons. The van der Waals surface area contributed by atoms with E-state index in [1.165, 1.54) is 4.90 Å². The largest absolute Gasteiger partial charge is 0.459 e. The van der Waals surface area contributed by atoms with Crippen LogP contribution in [0.3, 0.4) is 0 Å². The SMILES string of the molecule is CC(C)N(CC(O)C(=O)OCc1ccccc1)C(=O)NC(Cc1ccc(-c2ccccc2)cc1)C(=O)OCc1ccccc1. The Morgan fingerprint density at radius 1 is 0.659 bits per heavy atom. The molecular formula is C36H38N2O6. The lowest BCUT2D eigenvalue weighted by Crippen LogP contribution is -2.53. The Kier molecular flexibility index (Phi) is 11.7. The van der Waals surface area contributed by atoms with Crippen LogP contribution in [0, 0.1) is 0 Å². The molecule has 2 amide bonds. The summed E-state index contributed by atoms with van der Waals surface area (Å²) in [5.74, 6) is -1.44. The van der Waals surface area contributed by atoms with E-state index in [1.807, 2.05) is 103 Å². The predicted octanol–water partition coefficient (Wildman–Crippen LogP) is 5.53. The second-order valence-electron chi connectivity index (χ2n) is 10.7. The van der Waals surface area contributed by atoms with E-state index >= 15 is 0 Å². The number of esters is 2. The molecule has 0 saturated carbocycles. The first-order valence-corrected chi connectivity index (χ1v) is 14.6. The summed E-state index contributed by atoms with van der Waals surface area (Å²) in [6.07, 6.45) is -1.39. The maximum Gasteiger partial charge on any atom is 0.337 e. The summed E-state index contributed by atoms with van der Waals surface area (Å²) < 4.78 is 10.8. The van der Waals surface area contributed by atoms with Gasteiger partial charge in [0.05, 0.1) is 6.54 Å². The lowest BCUT2D eigenvalue weighted by molar-refractivity contribution is -0.155. The monoisotopic (exact) mass is 594 g/mol. The zero-order valence-electron chi connectivity index (χ0n) is 25.0. The number of hydrogen-bond donors (Lipinski definition) is 2. The smallest absolute Gasteiger partial charge is 0.337 e. The molecule has 0 bridgehead atoms. The number of rotatable bonds is 13. The van der Waals surface area contributed by atoms with Gasteiger partial charge in [-0.05, 0) is 41.7 Å². The molecule has 0 aliphatic heterocycles. The van der Waals surface area contributed by atoms with Crippen LogP contribution in [0.2, 0.25) is 0 Å². The van der Waals surface area contributed by atoms with Crippen LogP contribution in [0.4, 0.5) is 4.79 Å². The van der Waals surface area contributed by atoms with Gasteiger partial charge in [0.25, 0.3) is 0 Å². The zero-order valence-corrected chi connectivity index (χ0v) is 25.0. The van der Waals surface area contributed by atoms with Crippen LogP contribution >= 0.6 is 0 Å². The van der Waals surface area contributed by atoms with Crippen LogP contribution < -0.4 is 5.32 Å². The summed E-state index contributed by atoms with van der Waals surface area (Å²) >= 11 is 0. The van der Waals surface area contributed by atoms with Gasteiger partial charge in [0.2, 0.25) is 0 Å². The molecule has 0 saturated heterocycles. The van der Waals surface area contributed by atoms with Crippen molar-refractivity contribution in [2.75, 3.05) is 6.54 Å². The Labute approximate surface area is 258 Å². The molecule has 4 aromatic carbocycles. The maximum atomic E-state index is 13.5. The molecule has 0 aliphatic carbocycles. The minimum Gasteiger partial charge on any atom is -0.459 e. The average Bonchev–Trinajstić information content (AvgIpc) is 3.06. The van der Waals surface area contributed by atoms with Crippen molar-refractivity contribution in [3.8, 4) is 11.1 Å². The van der Waals surface area contributed by atoms with Gasteiger partial charge in [-0.3, -0.25) is 0 Å². The van der Waals surface area contributed by atoms with Gasteiger partial charge in [-0.1, -0.05) is 115 Å². The molecular weight excluding hydrogens is 556 g/mol. The second-order valence-corrected chi connectivity index (χ2v) is 10.7. The lowest BCUT2D eigenvalue weighted by Gasteiger charge is -2.30. The summed E-state index contributed by atoms with van der Waals surface area (Å²) in [5.41, 5.74) is 4.52. The first-order valence-electron chi connectivity index (χ1n) is 14.6. The molecule has 0 aromatic heterocycles. The fourth-order valence-electron chi connectivity index (χ4n) is 4.57. The number of carbonyl (C=O) groups excluding carboxylic acids is 3. The fourth-order valence-corrected chi connectivity index (χ4v) is 4.57. The highest BCUT2D eigenvalue weighted by atomic mass is 16.5. The van der Waals surface area contributed by atoms with Gasteiger partial charge in [0, 0.05) is 12.5 Å². The van der Waals surface area contributed by atoms with Crippen molar-refractivity contribution in [1.82, 2.24) is 10.2 Å². The first kappa shape index (κ1) is 32.0. The van der Waals surface area contributed by atoms with E-state index in [0.29, 0.717) is 0 Å². The molecule has 8 heteroatoms. The minimum atomic E-state index is -1.57. The molecule has 8 nitrogen and oxygen atoms in total. The van der Waals surface area contributed by atoms with E-state index in [1.54, 1.807) is 26.0 Å². The number of aliphatic hydroxyl groups excluding tert-OH is 1. The topological polar surface area (TPSA) is 105 Å². The van der Waals surface area contributed by atoms with E-state index < -0.39 is 36.2 Å². The molecule has 0 fully saturated rings. The summed E-state index contributed by atoms with van der Waals surface area (Å²) in [7, 11) is 0. The Morgan fingerprint density at radius 2 is 1.14 bits per heavy atom. The predicted molar refractivity (Wildman–Crippen MR) is 168 cm³/mol. The first-order chi connectivity index (χ1) is 21.3. The van der Waals surface area contributed by atoms with Gasteiger partial charge in [-0.15, -0.1) is 0 Å². The van der Waals surface area contributed by atoms with Crippen LogP contribution in [0.25, 0.3) is 11.1 Å². The number of nitrogens with one attached hydrogen (secondary N) is 1. The molecule has 0 spiro atoms. The Balaban J connectivity index is 1.44. The summed E-state index contributed by atoms with van der Waals surface area (Å²) in [6.45, 7) is 3.26. The normalized spacial score (nSPS) is 12.2. The third-order valence-corrected chi connectivity index (χ3v) is 7.06. The Bertz CT molecular complexity index is 1480. The van der Waals surface area contributed by atoms with E-state index in [2.05, 4.69) is 5.32 Å². The average molecular weight is 595 g/mol. The van der Waals surface area contributed by atoms with Crippen LogP contribution in [0.15, 0.2) is 115 Å². The molecule has 4 rings (SSSR count). The van der Waals surface area contributed by atoms with Crippen molar-refractivity contribution < 1.29 is 29.0 Å². The molecule has 0 aliphatic rings. The third kappa shape index (κ3) is 9.54. The summed E-state index contributed by atoms with van der Waals surface area (Å²) in [4.78, 5) is 40.6. The molecule has 44 heavy (non-hydrogen) atoms. The van der Waals surface area contributed by atoms with Crippen molar-refractivity contribution in [3.05, 3.63) is 132 Å². The van der Waals surface area contributed by atoms with Crippen molar-refractivity contribution in [3.63, 3.8) is 0 Å². The molecule has 2 N–H and O–H groups in total. The van der Waals surface area contributed by atoms with E-state index in [9.17, 15) is 19.5 Å². The maximum absolute atomic E-state index is 13.5. The molecule has 0 heterocycles. The lowest BCUT2D eigenvalue weighted by atomic mass is 10.0. The standard InChI is InChI=1S/C36H38N2O6/c1-26(2)38(23-33(39)35(41)44-25-29-14-8-4-9-15-29)36(42)37-32(34(40)43-24-28-12-6-3-7-13-28)22-27-18-20-31(21-19-27)30-16-10-5-11-17-30/h3-21,26,32-33,39H,22-25H2,1-2H3,(H,37,42). The molecule has 2 atom stereocenters. The van der Waals surface area contributed by atoms with Gasteiger partial charge in [-0.2, -0.15) is 0 Å². The highest BCUT2D eigenvalue weighted by Gasteiger charge is 2.30. The number of amides is 2. The van der Waals surface area contributed by atoms with Gasteiger partial charge in [-0.25, -0.2) is 14.4 Å². The Hall–Kier alpha value is -4.95. The number of nitrogens with zero attached hydrogens (tertiary/aromatic N) is 1. The quantitative estimate of drug-likeness (QED) is 0.197. The van der Waals surface area contributed by atoms with Gasteiger partial charge >= 0.3 is 18.0 Å². The summed E-state index contributed by atoms with van der Waals surface area (Å²) in [6, 6.07) is 34.1.